The van der Waals surface area contributed by atoms with Gasteiger partial charge in [0.15, 0.2) is 6.29 Å². The monoisotopic (exact) mass is 176 g/mol. The standard InChI is InChI=1S/C8H16O4/c1-4-5-6(9)7(10-2)8(11-3)12-5/h5-9H,4H2,1-3H3/t5-,6+,7?,8+/m1/s1. The summed E-state index contributed by atoms with van der Waals surface area (Å²) in [7, 11) is 3.09. The molecular formula is C8H16O4. The van der Waals surface area contributed by atoms with Gasteiger partial charge < -0.3 is 19.3 Å². The van der Waals surface area contributed by atoms with Gasteiger partial charge in [-0.15, -0.1) is 0 Å². The summed E-state index contributed by atoms with van der Waals surface area (Å²) in [6, 6.07) is 0. The molecule has 12 heavy (non-hydrogen) atoms. The maximum atomic E-state index is 9.62. The number of aliphatic hydroxyl groups is 1. The van der Waals surface area contributed by atoms with E-state index in [-0.39, 0.29) is 12.2 Å². The van der Waals surface area contributed by atoms with E-state index in [4.69, 9.17) is 14.2 Å². The number of hydrogen-bond acceptors (Lipinski definition) is 4. The van der Waals surface area contributed by atoms with Crippen LogP contribution in [0.3, 0.4) is 0 Å². The number of rotatable bonds is 3. The van der Waals surface area contributed by atoms with Crippen molar-refractivity contribution in [1.29, 1.82) is 0 Å². The van der Waals surface area contributed by atoms with Gasteiger partial charge in [-0.05, 0) is 6.42 Å². The first-order valence-electron chi connectivity index (χ1n) is 4.13. The zero-order valence-electron chi connectivity index (χ0n) is 7.69. The summed E-state index contributed by atoms with van der Waals surface area (Å²) in [6.07, 6.45) is -0.777. The highest BCUT2D eigenvalue weighted by Crippen LogP contribution is 2.25. The fourth-order valence-corrected chi connectivity index (χ4v) is 1.48. The van der Waals surface area contributed by atoms with Crippen molar-refractivity contribution in [2.24, 2.45) is 0 Å². The minimum atomic E-state index is -0.579. The van der Waals surface area contributed by atoms with Gasteiger partial charge in [0.25, 0.3) is 0 Å². The summed E-state index contributed by atoms with van der Waals surface area (Å²) in [6.45, 7) is 1.96. The fraction of sp³-hybridized carbons (Fsp3) is 1.00. The first-order valence-corrected chi connectivity index (χ1v) is 4.13. The summed E-state index contributed by atoms with van der Waals surface area (Å²) in [5, 5.41) is 9.62. The van der Waals surface area contributed by atoms with Crippen LogP contribution in [0, 0.1) is 0 Å². The van der Waals surface area contributed by atoms with Gasteiger partial charge in [0, 0.05) is 14.2 Å². The maximum absolute atomic E-state index is 9.62. The normalized spacial score (nSPS) is 42.0. The van der Waals surface area contributed by atoms with Crippen LogP contribution in [0.4, 0.5) is 0 Å². The van der Waals surface area contributed by atoms with Gasteiger partial charge in [-0.25, -0.2) is 0 Å². The maximum Gasteiger partial charge on any atom is 0.186 e. The molecule has 0 aliphatic carbocycles. The summed E-state index contributed by atoms with van der Waals surface area (Å²) in [5.74, 6) is 0. The molecule has 1 saturated heterocycles. The number of methoxy groups -OCH3 is 2. The van der Waals surface area contributed by atoms with Crippen LogP contribution in [-0.2, 0) is 14.2 Å². The van der Waals surface area contributed by atoms with Crippen LogP contribution in [0.25, 0.3) is 0 Å². The lowest BCUT2D eigenvalue weighted by Crippen LogP contribution is -2.34. The van der Waals surface area contributed by atoms with Crippen LogP contribution in [0.5, 0.6) is 0 Å². The lowest BCUT2D eigenvalue weighted by atomic mass is 10.1. The van der Waals surface area contributed by atoms with E-state index in [0.717, 1.165) is 6.42 Å². The average Bonchev–Trinajstić information content (AvgIpc) is 2.41. The number of ether oxygens (including phenoxy) is 3. The van der Waals surface area contributed by atoms with Gasteiger partial charge in [0.1, 0.15) is 12.2 Å². The zero-order chi connectivity index (χ0) is 9.14. The van der Waals surface area contributed by atoms with Gasteiger partial charge in [0.05, 0.1) is 6.10 Å². The Morgan fingerprint density at radius 1 is 1.33 bits per heavy atom. The molecule has 1 rings (SSSR count). The quantitative estimate of drug-likeness (QED) is 0.664. The Bertz CT molecular complexity index is 137. The van der Waals surface area contributed by atoms with E-state index in [2.05, 4.69) is 0 Å². The van der Waals surface area contributed by atoms with E-state index in [0.29, 0.717) is 0 Å². The molecule has 0 aromatic rings. The molecule has 0 saturated carbocycles. The van der Waals surface area contributed by atoms with E-state index in [1.54, 1.807) is 14.2 Å². The summed E-state index contributed by atoms with van der Waals surface area (Å²) >= 11 is 0. The zero-order valence-corrected chi connectivity index (χ0v) is 7.69. The Labute approximate surface area is 72.4 Å². The van der Waals surface area contributed by atoms with E-state index >= 15 is 0 Å². The van der Waals surface area contributed by atoms with Gasteiger partial charge in [0.2, 0.25) is 0 Å². The minimum absolute atomic E-state index is 0.167. The van der Waals surface area contributed by atoms with Crippen LogP contribution in [-0.4, -0.2) is 43.9 Å². The van der Waals surface area contributed by atoms with E-state index in [1.807, 2.05) is 6.92 Å². The van der Waals surface area contributed by atoms with E-state index in [1.165, 1.54) is 0 Å². The molecule has 1 heterocycles. The third kappa shape index (κ3) is 1.61. The summed E-state index contributed by atoms with van der Waals surface area (Å²) < 4.78 is 15.4. The molecule has 1 N–H and O–H groups in total. The fourth-order valence-electron chi connectivity index (χ4n) is 1.48. The van der Waals surface area contributed by atoms with Crippen molar-refractivity contribution in [3.8, 4) is 0 Å². The lowest BCUT2D eigenvalue weighted by molar-refractivity contribution is -0.155. The molecule has 1 aliphatic heterocycles. The second-order valence-electron chi connectivity index (χ2n) is 2.88. The SMILES string of the molecule is CC[C@H]1O[C@H](OC)C(OC)[C@H]1O. The van der Waals surface area contributed by atoms with Crippen molar-refractivity contribution >= 4 is 0 Å². The predicted octanol–water partition coefficient (Wildman–Crippen LogP) is 0.144. The minimum Gasteiger partial charge on any atom is -0.387 e. The second kappa shape index (κ2) is 4.18. The van der Waals surface area contributed by atoms with Crippen molar-refractivity contribution in [1.82, 2.24) is 0 Å². The molecule has 0 aromatic heterocycles. The molecule has 1 unspecified atom stereocenters. The molecule has 1 fully saturated rings. The van der Waals surface area contributed by atoms with Gasteiger partial charge in [-0.3, -0.25) is 0 Å². The largest absolute Gasteiger partial charge is 0.387 e. The molecule has 0 radical (unpaired) electrons. The van der Waals surface area contributed by atoms with Crippen LogP contribution >= 0.6 is 0 Å². The Morgan fingerprint density at radius 2 is 2.00 bits per heavy atom. The van der Waals surface area contributed by atoms with Crippen LogP contribution in [0.1, 0.15) is 13.3 Å². The van der Waals surface area contributed by atoms with E-state index in [9.17, 15) is 5.11 Å². The highest BCUT2D eigenvalue weighted by Gasteiger charge is 2.43. The second-order valence-corrected chi connectivity index (χ2v) is 2.88. The molecule has 1 aliphatic rings. The molecule has 0 aromatic carbocycles. The van der Waals surface area contributed by atoms with Crippen LogP contribution in [0.2, 0.25) is 0 Å². The lowest BCUT2D eigenvalue weighted by Gasteiger charge is -2.16. The Kier molecular flexibility index (Phi) is 3.46. The van der Waals surface area contributed by atoms with Crippen LogP contribution < -0.4 is 0 Å². The topological polar surface area (TPSA) is 47.9 Å². The smallest absolute Gasteiger partial charge is 0.186 e. The molecule has 4 nitrogen and oxygen atoms in total. The van der Waals surface area contributed by atoms with Crippen molar-refractivity contribution in [2.45, 2.75) is 37.9 Å². The van der Waals surface area contributed by atoms with Crippen molar-refractivity contribution < 1.29 is 19.3 Å². The molecular weight excluding hydrogens is 160 g/mol. The molecule has 4 heteroatoms. The van der Waals surface area contributed by atoms with Crippen molar-refractivity contribution in [2.75, 3.05) is 14.2 Å². The Balaban J connectivity index is 2.58. The predicted molar refractivity (Wildman–Crippen MR) is 42.8 cm³/mol. The third-order valence-corrected chi connectivity index (χ3v) is 2.20. The molecule has 0 bridgehead atoms. The molecule has 0 amide bonds. The molecule has 4 atom stereocenters. The highest BCUT2D eigenvalue weighted by atomic mass is 16.7. The first-order chi connectivity index (χ1) is 5.74. The number of aliphatic hydroxyl groups excluding tert-OH is 1. The van der Waals surface area contributed by atoms with E-state index < -0.39 is 12.4 Å². The van der Waals surface area contributed by atoms with Gasteiger partial charge in [-0.1, -0.05) is 6.92 Å². The van der Waals surface area contributed by atoms with Gasteiger partial charge in [-0.2, -0.15) is 0 Å². The summed E-state index contributed by atoms with van der Waals surface area (Å²) in [5.41, 5.74) is 0. The molecule has 0 spiro atoms. The van der Waals surface area contributed by atoms with Crippen molar-refractivity contribution in [3.05, 3.63) is 0 Å². The molecule has 72 valence electrons. The van der Waals surface area contributed by atoms with Crippen molar-refractivity contribution in [3.63, 3.8) is 0 Å². The average molecular weight is 176 g/mol. The van der Waals surface area contributed by atoms with Crippen LogP contribution in [0.15, 0.2) is 0 Å². The first kappa shape index (κ1) is 9.92. The summed E-state index contributed by atoms with van der Waals surface area (Å²) in [4.78, 5) is 0. The van der Waals surface area contributed by atoms with Gasteiger partial charge >= 0.3 is 0 Å². The Hall–Kier alpha value is -0.160. The Morgan fingerprint density at radius 3 is 2.33 bits per heavy atom. The third-order valence-electron chi connectivity index (χ3n) is 2.20. The highest BCUT2D eigenvalue weighted by molar-refractivity contribution is 4.86. The number of hydrogen-bond donors (Lipinski definition) is 1.